The van der Waals surface area contributed by atoms with Crippen molar-refractivity contribution in [3.05, 3.63) is 29.3 Å². The van der Waals surface area contributed by atoms with Gasteiger partial charge in [0, 0.05) is 25.0 Å². The quantitative estimate of drug-likeness (QED) is 0.726. The third kappa shape index (κ3) is 2.21. The molecule has 6 heteroatoms. The number of aliphatic hydroxyl groups is 1. The number of fused-ring (bicyclic) bond motifs is 1. The normalized spacial score (nSPS) is 40.6. The van der Waals surface area contributed by atoms with Crippen LogP contribution in [0.5, 0.6) is 5.75 Å². The number of aromatic hydroxyl groups is 1. The van der Waals surface area contributed by atoms with Crippen LogP contribution in [0.3, 0.4) is 0 Å². The van der Waals surface area contributed by atoms with E-state index in [9.17, 15) is 19.8 Å². The van der Waals surface area contributed by atoms with E-state index >= 15 is 0 Å². The molecule has 6 rings (SSSR count). The van der Waals surface area contributed by atoms with Crippen molar-refractivity contribution >= 4 is 11.7 Å². The molecule has 0 aromatic heterocycles. The molecule has 2 saturated heterocycles. The number of likely N-dealkylation sites (tertiary alicyclic amines) is 2. The Morgan fingerprint density at radius 1 is 1.17 bits per heavy atom. The Morgan fingerprint density at radius 3 is 2.67 bits per heavy atom. The molecular weight excluding hydrogens is 380 g/mol. The summed E-state index contributed by atoms with van der Waals surface area (Å²) in [5, 5.41) is 22.7. The molecule has 0 radical (unpaired) electrons. The summed E-state index contributed by atoms with van der Waals surface area (Å²) in [6.45, 7) is 1.93. The lowest BCUT2D eigenvalue weighted by atomic mass is 9.46. The van der Waals surface area contributed by atoms with Gasteiger partial charge in [0.1, 0.15) is 11.3 Å². The Balaban J connectivity index is 1.51. The molecule has 4 fully saturated rings. The van der Waals surface area contributed by atoms with E-state index in [0.29, 0.717) is 19.3 Å². The minimum Gasteiger partial charge on any atom is -0.508 e. The van der Waals surface area contributed by atoms with Crippen LogP contribution in [0.1, 0.15) is 56.1 Å². The predicted octanol–water partition coefficient (Wildman–Crippen LogP) is 1.76. The van der Waals surface area contributed by atoms with E-state index in [1.807, 2.05) is 12.1 Å². The van der Waals surface area contributed by atoms with Crippen LogP contribution in [0.15, 0.2) is 18.2 Å². The van der Waals surface area contributed by atoms with Gasteiger partial charge in [0.25, 0.3) is 0 Å². The second-order valence-electron chi connectivity index (χ2n) is 10.5. The summed E-state index contributed by atoms with van der Waals surface area (Å²) in [6.07, 6.45) is 5.54. The van der Waals surface area contributed by atoms with Crippen LogP contribution in [0.4, 0.5) is 0 Å². The van der Waals surface area contributed by atoms with Crippen molar-refractivity contribution in [3.8, 4) is 5.75 Å². The number of amides is 1. The molecule has 1 amide bonds. The summed E-state index contributed by atoms with van der Waals surface area (Å²) in [7, 11) is 1.75. The first-order chi connectivity index (χ1) is 14.3. The first-order valence-corrected chi connectivity index (χ1v) is 11.4. The predicted molar refractivity (Wildman–Crippen MR) is 110 cm³/mol. The Hall–Kier alpha value is -1.92. The molecule has 4 atom stereocenters. The van der Waals surface area contributed by atoms with Gasteiger partial charge >= 0.3 is 0 Å². The Kier molecular flexibility index (Phi) is 3.67. The SMILES string of the molecule is CN1C(=O)CC(=O)[C@@]12CC[C@@]1(O)[C@H]3Cc4ccc(O)cc4[C@@]1(CCN3CC1CC1)C2. The van der Waals surface area contributed by atoms with Crippen molar-refractivity contribution in [1.82, 2.24) is 9.80 Å². The first kappa shape index (κ1) is 18.8. The standard InChI is InChI=1S/C24H30N2O4/c1-25-21(29)12-20(28)23(25)6-7-24(30)19-10-16-4-5-17(27)11-18(16)22(24,14-23)8-9-26(19)13-15-2-3-15/h4-5,11,15,19,27,30H,2-3,6-10,12-14H2,1H3/t19-,22-,23+,24-/m1/s1. The van der Waals surface area contributed by atoms with Crippen LogP contribution < -0.4 is 0 Å². The average molecular weight is 411 g/mol. The van der Waals surface area contributed by atoms with E-state index in [0.717, 1.165) is 37.4 Å². The number of benzene rings is 1. The number of hydrogen-bond acceptors (Lipinski definition) is 5. The second-order valence-corrected chi connectivity index (χ2v) is 10.5. The summed E-state index contributed by atoms with van der Waals surface area (Å²) in [6, 6.07) is 5.56. The summed E-state index contributed by atoms with van der Waals surface area (Å²) in [5.41, 5.74) is -0.228. The van der Waals surface area contributed by atoms with Gasteiger partial charge in [0.2, 0.25) is 5.91 Å². The second kappa shape index (κ2) is 5.86. The maximum Gasteiger partial charge on any atom is 0.230 e. The minimum absolute atomic E-state index is 0.00402. The van der Waals surface area contributed by atoms with E-state index in [1.165, 1.54) is 18.4 Å². The molecule has 160 valence electrons. The number of rotatable bonds is 2. The van der Waals surface area contributed by atoms with Crippen molar-refractivity contribution < 1.29 is 19.8 Å². The average Bonchev–Trinajstić information content (AvgIpc) is 3.50. The van der Waals surface area contributed by atoms with Gasteiger partial charge in [-0.2, -0.15) is 0 Å². The number of carbonyl (C=O) groups is 2. The van der Waals surface area contributed by atoms with Gasteiger partial charge in [0.05, 0.1) is 12.0 Å². The molecule has 2 saturated carbocycles. The molecule has 2 aliphatic heterocycles. The van der Waals surface area contributed by atoms with Gasteiger partial charge < -0.3 is 15.1 Å². The van der Waals surface area contributed by atoms with Crippen molar-refractivity contribution in [2.45, 2.75) is 74.0 Å². The third-order valence-corrected chi connectivity index (χ3v) is 9.22. The lowest BCUT2D eigenvalue weighted by Gasteiger charge is -2.66. The largest absolute Gasteiger partial charge is 0.508 e. The molecule has 2 bridgehead atoms. The number of phenols is 1. The van der Waals surface area contributed by atoms with Crippen LogP contribution in [0, 0.1) is 5.92 Å². The number of hydrogen-bond donors (Lipinski definition) is 2. The van der Waals surface area contributed by atoms with Crippen molar-refractivity contribution in [2.75, 3.05) is 20.1 Å². The molecule has 1 aromatic rings. The number of phenolic OH excluding ortho intramolecular Hbond substituents is 1. The number of ketones is 1. The minimum atomic E-state index is -0.945. The van der Waals surface area contributed by atoms with Crippen LogP contribution in [0.25, 0.3) is 0 Å². The Labute approximate surface area is 176 Å². The first-order valence-electron chi connectivity index (χ1n) is 11.4. The molecule has 6 nitrogen and oxygen atoms in total. The summed E-state index contributed by atoms with van der Waals surface area (Å²) in [4.78, 5) is 29.7. The van der Waals surface area contributed by atoms with E-state index in [-0.39, 0.29) is 29.9 Å². The van der Waals surface area contributed by atoms with Gasteiger partial charge in [-0.05, 0) is 80.7 Å². The fourth-order valence-electron chi connectivity index (χ4n) is 7.34. The number of carbonyl (C=O) groups excluding carboxylic acids is 2. The summed E-state index contributed by atoms with van der Waals surface area (Å²) >= 11 is 0. The summed E-state index contributed by atoms with van der Waals surface area (Å²) < 4.78 is 0. The van der Waals surface area contributed by atoms with E-state index < -0.39 is 16.6 Å². The Morgan fingerprint density at radius 2 is 1.97 bits per heavy atom. The molecule has 5 aliphatic rings. The van der Waals surface area contributed by atoms with E-state index in [4.69, 9.17) is 0 Å². The number of piperidine rings is 1. The molecule has 3 aliphatic carbocycles. The zero-order valence-corrected chi connectivity index (χ0v) is 17.6. The molecule has 30 heavy (non-hydrogen) atoms. The van der Waals surface area contributed by atoms with Gasteiger partial charge in [0.15, 0.2) is 5.78 Å². The molecule has 2 N–H and O–H groups in total. The van der Waals surface area contributed by atoms with Crippen molar-refractivity contribution in [2.24, 2.45) is 5.92 Å². The van der Waals surface area contributed by atoms with E-state index in [1.54, 1.807) is 18.0 Å². The van der Waals surface area contributed by atoms with Crippen LogP contribution in [0.2, 0.25) is 0 Å². The van der Waals surface area contributed by atoms with Crippen LogP contribution in [-0.2, 0) is 21.4 Å². The zero-order valence-electron chi connectivity index (χ0n) is 17.6. The highest BCUT2D eigenvalue weighted by molar-refractivity contribution is 6.10. The van der Waals surface area contributed by atoms with E-state index in [2.05, 4.69) is 4.90 Å². The maximum absolute atomic E-state index is 13.1. The lowest BCUT2D eigenvalue weighted by molar-refractivity contribution is -0.189. The highest BCUT2D eigenvalue weighted by Gasteiger charge is 2.70. The van der Waals surface area contributed by atoms with Gasteiger partial charge in [-0.3, -0.25) is 14.5 Å². The topological polar surface area (TPSA) is 81.1 Å². The fraction of sp³-hybridized carbons (Fsp3) is 0.667. The fourth-order valence-corrected chi connectivity index (χ4v) is 7.34. The lowest BCUT2D eigenvalue weighted by Crippen LogP contribution is -2.76. The smallest absolute Gasteiger partial charge is 0.230 e. The number of nitrogens with zero attached hydrogens (tertiary/aromatic N) is 2. The zero-order chi connectivity index (χ0) is 20.9. The highest BCUT2D eigenvalue weighted by atomic mass is 16.3. The number of Topliss-reactive ketones (excluding diaryl/α,β-unsaturated/α-hetero) is 1. The van der Waals surface area contributed by atoms with Crippen LogP contribution in [-0.4, -0.2) is 69.0 Å². The molecule has 2 heterocycles. The molecular formula is C24H30N2O4. The highest BCUT2D eigenvalue weighted by Crippen LogP contribution is 2.62. The Bertz CT molecular complexity index is 959. The number of likely N-dealkylation sites (N-methyl/N-ethyl adjacent to an activating group) is 1. The van der Waals surface area contributed by atoms with Crippen molar-refractivity contribution in [3.63, 3.8) is 0 Å². The van der Waals surface area contributed by atoms with Gasteiger partial charge in [-0.15, -0.1) is 0 Å². The van der Waals surface area contributed by atoms with Gasteiger partial charge in [-0.1, -0.05) is 6.07 Å². The molecule has 1 spiro atoms. The van der Waals surface area contributed by atoms with Crippen LogP contribution >= 0.6 is 0 Å². The maximum atomic E-state index is 13.1. The van der Waals surface area contributed by atoms with Gasteiger partial charge in [-0.25, -0.2) is 0 Å². The third-order valence-electron chi connectivity index (χ3n) is 9.22. The monoisotopic (exact) mass is 410 g/mol. The van der Waals surface area contributed by atoms with Crippen molar-refractivity contribution in [1.29, 1.82) is 0 Å². The molecule has 1 aromatic carbocycles. The summed E-state index contributed by atoms with van der Waals surface area (Å²) in [5.74, 6) is 0.829. The molecule has 0 unspecified atom stereocenters.